The van der Waals surface area contributed by atoms with E-state index >= 15 is 0 Å². The molecule has 3 aromatic rings. The average molecular weight is 438 g/mol. The zero-order valence-electron chi connectivity index (χ0n) is 15.7. The molecular formula is C19H15ClF3N5O2. The Morgan fingerprint density at radius 2 is 1.63 bits per heavy atom. The molecule has 0 amide bonds. The van der Waals surface area contributed by atoms with Crippen LogP contribution in [0.2, 0.25) is 5.02 Å². The molecule has 3 rings (SSSR count). The van der Waals surface area contributed by atoms with Gasteiger partial charge in [0.2, 0.25) is 11.6 Å². The molecule has 11 heteroatoms. The minimum Gasteiger partial charge on any atom is -0.334 e. The third kappa shape index (κ3) is 4.60. The maximum atomic E-state index is 13.0. The maximum absolute atomic E-state index is 13.0. The summed E-state index contributed by atoms with van der Waals surface area (Å²) >= 11 is 5.97. The Morgan fingerprint density at radius 1 is 1.00 bits per heavy atom. The molecule has 0 saturated carbocycles. The zero-order chi connectivity index (χ0) is 22.1. The summed E-state index contributed by atoms with van der Waals surface area (Å²) in [5.41, 5.74) is 0.761. The lowest BCUT2D eigenvalue weighted by molar-refractivity contribution is -0.383. The molecule has 30 heavy (non-hydrogen) atoms. The molecule has 2 N–H and O–H groups in total. The molecule has 0 aliphatic rings. The number of halogens is 4. The first-order valence-electron chi connectivity index (χ1n) is 8.53. The van der Waals surface area contributed by atoms with Gasteiger partial charge in [-0.1, -0.05) is 29.3 Å². The number of anilines is 4. The van der Waals surface area contributed by atoms with Crippen molar-refractivity contribution >= 4 is 40.3 Å². The lowest BCUT2D eigenvalue weighted by Gasteiger charge is -2.14. The van der Waals surface area contributed by atoms with E-state index in [1.165, 1.54) is 0 Å². The molecule has 2 aromatic carbocycles. The van der Waals surface area contributed by atoms with Crippen LogP contribution >= 0.6 is 11.6 Å². The number of hydrogen-bond acceptors (Lipinski definition) is 6. The number of aryl methyl sites for hydroxylation is 2. The predicted octanol–water partition coefficient (Wildman–Crippen LogP) is 6.16. The van der Waals surface area contributed by atoms with E-state index in [4.69, 9.17) is 11.6 Å². The number of alkyl halides is 3. The van der Waals surface area contributed by atoms with E-state index in [1.54, 1.807) is 6.07 Å². The fourth-order valence-corrected chi connectivity index (χ4v) is 2.91. The Labute approximate surface area is 174 Å². The first-order valence-corrected chi connectivity index (χ1v) is 8.91. The second-order valence-corrected chi connectivity index (χ2v) is 6.84. The summed E-state index contributed by atoms with van der Waals surface area (Å²) < 4.78 is 39.0. The molecule has 0 spiro atoms. The van der Waals surface area contributed by atoms with E-state index in [0.29, 0.717) is 5.69 Å². The van der Waals surface area contributed by atoms with E-state index in [1.807, 2.05) is 26.0 Å². The number of nitro groups is 1. The van der Waals surface area contributed by atoms with Gasteiger partial charge in [-0.2, -0.15) is 13.2 Å². The van der Waals surface area contributed by atoms with Crippen molar-refractivity contribution in [3.05, 3.63) is 74.6 Å². The van der Waals surface area contributed by atoms with Gasteiger partial charge in [0.25, 0.3) is 0 Å². The summed E-state index contributed by atoms with van der Waals surface area (Å²) in [4.78, 5) is 18.7. The Bertz CT molecular complexity index is 1120. The van der Waals surface area contributed by atoms with E-state index in [-0.39, 0.29) is 22.3 Å². The second kappa shape index (κ2) is 8.15. The van der Waals surface area contributed by atoms with E-state index < -0.39 is 22.4 Å². The lowest BCUT2D eigenvalue weighted by atomic mass is 10.1. The standard InChI is InChI=1S/C19H15ClF3N5O2/c1-10-3-6-14(11(2)7-10)26-17-16(28(29)30)18(25-9-24-17)27-15-8-12(19(21,22)23)4-5-13(15)20/h3-9H,1-2H3,(H2,24,25,26,27). The number of rotatable bonds is 5. The van der Waals surface area contributed by atoms with Gasteiger partial charge in [0.1, 0.15) is 6.33 Å². The first kappa shape index (κ1) is 21.3. The van der Waals surface area contributed by atoms with Crippen LogP contribution in [-0.4, -0.2) is 14.9 Å². The van der Waals surface area contributed by atoms with Gasteiger partial charge in [-0.05, 0) is 43.7 Å². The monoisotopic (exact) mass is 437 g/mol. The van der Waals surface area contributed by atoms with Crippen LogP contribution in [0.25, 0.3) is 0 Å². The van der Waals surface area contributed by atoms with E-state index in [0.717, 1.165) is 35.7 Å². The van der Waals surface area contributed by atoms with Gasteiger partial charge in [0.15, 0.2) is 0 Å². The largest absolute Gasteiger partial charge is 0.416 e. The molecule has 7 nitrogen and oxygen atoms in total. The molecule has 0 aliphatic carbocycles. The van der Waals surface area contributed by atoms with Crippen LogP contribution in [0, 0.1) is 24.0 Å². The lowest BCUT2D eigenvalue weighted by Crippen LogP contribution is -2.08. The van der Waals surface area contributed by atoms with Crippen LogP contribution in [0.3, 0.4) is 0 Å². The highest BCUT2D eigenvalue weighted by Gasteiger charge is 2.31. The molecule has 1 aromatic heterocycles. The van der Waals surface area contributed by atoms with Crippen molar-refractivity contribution in [3.63, 3.8) is 0 Å². The summed E-state index contributed by atoms with van der Waals surface area (Å²) in [6, 6.07) is 8.07. The Hall–Kier alpha value is -3.40. The number of nitrogens with one attached hydrogen (secondary N) is 2. The molecule has 0 unspecified atom stereocenters. The molecule has 156 valence electrons. The van der Waals surface area contributed by atoms with Crippen molar-refractivity contribution in [2.75, 3.05) is 10.6 Å². The molecule has 0 aliphatic heterocycles. The highest BCUT2D eigenvalue weighted by Crippen LogP contribution is 2.38. The highest BCUT2D eigenvalue weighted by atomic mass is 35.5. The van der Waals surface area contributed by atoms with Crippen molar-refractivity contribution < 1.29 is 18.1 Å². The Kier molecular flexibility index (Phi) is 5.79. The van der Waals surface area contributed by atoms with Crippen molar-refractivity contribution in [1.29, 1.82) is 0 Å². The van der Waals surface area contributed by atoms with Crippen LogP contribution in [-0.2, 0) is 6.18 Å². The molecule has 0 atom stereocenters. The number of hydrogen-bond donors (Lipinski definition) is 2. The molecular weight excluding hydrogens is 423 g/mol. The molecule has 0 radical (unpaired) electrons. The quantitative estimate of drug-likeness (QED) is 0.366. The van der Waals surface area contributed by atoms with Crippen LogP contribution in [0.5, 0.6) is 0 Å². The number of benzene rings is 2. The minimum atomic E-state index is -4.60. The Morgan fingerprint density at radius 3 is 2.20 bits per heavy atom. The van der Waals surface area contributed by atoms with Gasteiger partial charge in [-0.15, -0.1) is 0 Å². The van der Waals surface area contributed by atoms with Gasteiger partial charge < -0.3 is 10.6 Å². The van der Waals surface area contributed by atoms with Gasteiger partial charge in [-0.25, -0.2) is 9.97 Å². The topological polar surface area (TPSA) is 93.0 Å². The molecule has 1 heterocycles. The fourth-order valence-electron chi connectivity index (χ4n) is 2.74. The van der Waals surface area contributed by atoms with Gasteiger partial charge in [0, 0.05) is 5.69 Å². The van der Waals surface area contributed by atoms with Crippen LogP contribution in [0.15, 0.2) is 42.7 Å². The van der Waals surface area contributed by atoms with E-state index in [9.17, 15) is 23.3 Å². The predicted molar refractivity (Wildman–Crippen MR) is 108 cm³/mol. The summed E-state index contributed by atoms with van der Waals surface area (Å²) in [6.45, 7) is 3.73. The highest BCUT2D eigenvalue weighted by molar-refractivity contribution is 6.33. The van der Waals surface area contributed by atoms with Crippen molar-refractivity contribution in [2.45, 2.75) is 20.0 Å². The van der Waals surface area contributed by atoms with Crippen molar-refractivity contribution in [2.24, 2.45) is 0 Å². The van der Waals surface area contributed by atoms with Crippen LogP contribution < -0.4 is 10.6 Å². The summed E-state index contributed by atoms with van der Waals surface area (Å²) in [5, 5.41) is 17.0. The maximum Gasteiger partial charge on any atom is 0.416 e. The fraction of sp³-hybridized carbons (Fsp3) is 0.158. The third-order valence-electron chi connectivity index (χ3n) is 4.19. The summed E-state index contributed by atoms with van der Waals surface area (Å²) in [7, 11) is 0. The van der Waals surface area contributed by atoms with Gasteiger partial charge in [0.05, 0.1) is 21.2 Å². The second-order valence-electron chi connectivity index (χ2n) is 6.44. The van der Waals surface area contributed by atoms with Crippen LogP contribution in [0.4, 0.5) is 41.9 Å². The van der Waals surface area contributed by atoms with Gasteiger partial charge >= 0.3 is 11.9 Å². The Balaban J connectivity index is 2.03. The summed E-state index contributed by atoms with van der Waals surface area (Å²) in [5.74, 6) is -0.420. The van der Waals surface area contributed by atoms with Crippen LogP contribution in [0.1, 0.15) is 16.7 Å². The number of aromatic nitrogens is 2. The smallest absolute Gasteiger partial charge is 0.334 e. The zero-order valence-corrected chi connectivity index (χ0v) is 16.5. The molecule has 0 fully saturated rings. The first-order chi connectivity index (χ1) is 14.1. The van der Waals surface area contributed by atoms with E-state index in [2.05, 4.69) is 20.6 Å². The molecule has 0 saturated heterocycles. The summed E-state index contributed by atoms with van der Waals surface area (Å²) in [6.07, 6.45) is -3.54. The molecule has 0 bridgehead atoms. The SMILES string of the molecule is Cc1ccc(Nc2ncnc(Nc3cc(C(F)(F)F)ccc3Cl)c2[N+](=O)[O-])c(C)c1. The third-order valence-corrected chi connectivity index (χ3v) is 4.52. The average Bonchev–Trinajstić information content (AvgIpc) is 2.65. The minimum absolute atomic E-state index is 0.0557. The number of nitrogens with zero attached hydrogens (tertiary/aromatic N) is 3. The van der Waals surface area contributed by atoms with Crippen molar-refractivity contribution in [1.82, 2.24) is 9.97 Å². The van der Waals surface area contributed by atoms with Crippen molar-refractivity contribution in [3.8, 4) is 0 Å². The normalized spacial score (nSPS) is 11.3. The van der Waals surface area contributed by atoms with Gasteiger partial charge in [-0.3, -0.25) is 10.1 Å².